The summed E-state index contributed by atoms with van der Waals surface area (Å²) in [5.74, 6) is 0.0185. The first-order chi connectivity index (χ1) is 8.11. The molecule has 0 unspecified atom stereocenters. The topological polar surface area (TPSA) is 46.9 Å². The highest BCUT2D eigenvalue weighted by Gasteiger charge is 2.07. The molecule has 4 heteroatoms. The summed E-state index contributed by atoms with van der Waals surface area (Å²) < 4.78 is 1.88. The first-order valence-electron chi connectivity index (χ1n) is 5.80. The molecule has 1 heterocycles. The van der Waals surface area contributed by atoms with E-state index in [9.17, 15) is 4.79 Å². The van der Waals surface area contributed by atoms with Crippen LogP contribution in [0.5, 0.6) is 0 Å². The quantitative estimate of drug-likeness (QED) is 0.875. The lowest BCUT2D eigenvalue weighted by Gasteiger charge is -2.06. The van der Waals surface area contributed by atoms with Crippen LogP contribution < -0.4 is 5.32 Å². The molecule has 0 spiro atoms. The zero-order valence-corrected chi connectivity index (χ0v) is 10.4. The molecule has 90 valence electrons. The Hall–Kier alpha value is -1.84. The van der Waals surface area contributed by atoms with Crippen LogP contribution in [0.4, 0.5) is 0 Å². The Morgan fingerprint density at radius 2 is 2.06 bits per heavy atom. The molecule has 17 heavy (non-hydrogen) atoms. The van der Waals surface area contributed by atoms with Gasteiger partial charge in [-0.1, -0.05) is 0 Å². The smallest absolute Gasteiger partial charge is 0.239 e. The predicted octanol–water partition coefficient (Wildman–Crippen LogP) is 1.79. The Morgan fingerprint density at radius 1 is 1.35 bits per heavy atom. The molecule has 0 fully saturated rings. The number of aromatic nitrogens is 2. The van der Waals surface area contributed by atoms with Crippen molar-refractivity contribution in [2.45, 2.75) is 27.3 Å². The first-order valence-corrected chi connectivity index (χ1v) is 5.80. The number of nitrogens with zero attached hydrogens (tertiary/aromatic N) is 2. The SMILES string of the molecule is CCNC(=O)Cn1cnc2cc(C)c(C)cc21. The molecule has 0 bridgehead atoms. The number of likely N-dealkylation sites (N-methyl/N-ethyl adjacent to an activating group) is 1. The number of imidazole rings is 1. The van der Waals surface area contributed by atoms with Crippen molar-refractivity contribution in [3.63, 3.8) is 0 Å². The zero-order valence-electron chi connectivity index (χ0n) is 10.4. The summed E-state index contributed by atoms with van der Waals surface area (Å²) in [5.41, 5.74) is 4.40. The fraction of sp³-hybridized carbons (Fsp3) is 0.385. The van der Waals surface area contributed by atoms with Crippen LogP contribution in [-0.2, 0) is 11.3 Å². The van der Waals surface area contributed by atoms with E-state index >= 15 is 0 Å². The molecule has 0 aliphatic heterocycles. The molecule has 1 aromatic heterocycles. The lowest BCUT2D eigenvalue weighted by Crippen LogP contribution is -2.26. The van der Waals surface area contributed by atoms with E-state index in [0.717, 1.165) is 11.0 Å². The van der Waals surface area contributed by atoms with E-state index in [-0.39, 0.29) is 5.91 Å². The summed E-state index contributed by atoms with van der Waals surface area (Å²) >= 11 is 0. The van der Waals surface area contributed by atoms with Gasteiger partial charge in [0.2, 0.25) is 5.91 Å². The van der Waals surface area contributed by atoms with Gasteiger partial charge >= 0.3 is 0 Å². The van der Waals surface area contributed by atoms with Gasteiger partial charge in [0.05, 0.1) is 17.4 Å². The van der Waals surface area contributed by atoms with E-state index in [1.54, 1.807) is 6.33 Å². The van der Waals surface area contributed by atoms with Crippen LogP contribution in [0.3, 0.4) is 0 Å². The maximum Gasteiger partial charge on any atom is 0.239 e. The standard InChI is InChI=1S/C13H17N3O/c1-4-14-13(17)7-16-8-15-11-5-9(2)10(3)6-12(11)16/h5-6,8H,4,7H2,1-3H3,(H,14,17). The van der Waals surface area contributed by atoms with E-state index in [1.807, 2.05) is 11.5 Å². The molecule has 0 aliphatic rings. The molecule has 0 atom stereocenters. The zero-order chi connectivity index (χ0) is 12.4. The molecule has 0 saturated carbocycles. The monoisotopic (exact) mass is 231 g/mol. The largest absolute Gasteiger partial charge is 0.355 e. The maximum absolute atomic E-state index is 11.5. The highest BCUT2D eigenvalue weighted by Crippen LogP contribution is 2.18. The fourth-order valence-corrected chi connectivity index (χ4v) is 1.85. The minimum atomic E-state index is 0.0185. The maximum atomic E-state index is 11.5. The third-order valence-corrected chi connectivity index (χ3v) is 2.92. The number of aryl methyl sites for hydroxylation is 2. The van der Waals surface area contributed by atoms with Crippen molar-refractivity contribution in [3.05, 3.63) is 29.6 Å². The molecule has 1 N–H and O–H groups in total. The molecule has 2 rings (SSSR count). The second-order valence-corrected chi connectivity index (χ2v) is 4.25. The number of benzene rings is 1. The molecule has 1 aromatic carbocycles. The second-order valence-electron chi connectivity index (χ2n) is 4.25. The van der Waals surface area contributed by atoms with Gasteiger partial charge in [-0.05, 0) is 44.0 Å². The van der Waals surface area contributed by atoms with Gasteiger partial charge in [0.15, 0.2) is 0 Å². The van der Waals surface area contributed by atoms with Gasteiger partial charge < -0.3 is 9.88 Å². The van der Waals surface area contributed by atoms with Gasteiger partial charge in [-0.15, -0.1) is 0 Å². The van der Waals surface area contributed by atoms with Crippen LogP contribution in [-0.4, -0.2) is 22.0 Å². The van der Waals surface area contributed by atoms with Crippen LogP contribution in [0.25, 0.3) is 11.0 Å². The van der Waals surface area contributed by atoms with E-state index in [0.29, 0.717) is 13.1 Å². The molecule has 4 nitrogen and oxygen atoms in total. The van der Waals surface area contributed by atoms with Gasteiger partial charge in [-0.2, -0.15) is 0 Å². The van der Waals surface area contributed by atoms with Crippen molar-refractivity contribution in [3.8, 4) is 0 Å². The van der Waals surface area contributed by atoms with Crippen molar-refractivity contribution in [2.24, 2.45) is 0 Å². The Balaban J connectivity index is 2.36. The van der Waals surface area contributed by atoms with E-state index < -0.39 is 0 Å². The number of nitrogens with one attached hydrogen (secondary N) is 1. The van der Waals surface area contributed by atoms with Crippen LogP contribution in [0, 0.1) is 13.8 Å². The molecular formula is C13H17N3O. The number of rotatable bonds is 3. The highest BCUT2D eigenvalue weighted by atomic mass is 16.1. The van der Waals surface area contributed by atoms with Crippen molar-refractivity contribution >= 4 is 16.9 Å². The number of amides is 1. The average Bonchev–Trinajstić information content (AvgIpc) is 2.63. The highest BCUT2D eigenvalue weighted by molar-refractivity contribution is 5.81. The van der Waals surface area contributed by atoms with Crippen molar-refractivity contribution < 1.29 is 4.79 Å². The number of hydrogen-bond acceptors (Lipinski definition) is 2. The van der Waals surface area contributed by atoms with E-state index in [2.05, 4.69) is 36.3 Å². The van der Waals surface area contributed by atoms with Gasteiger partial charge in [-0.25, -0.2) is 4.98 Å². The normalized spacial score (nSPS) is 10.8. The number of hydrogen-bond donors (Lipinski definition) is 1. The average molecular weight is 231 g/mol. The summed E-state index contributed by atoms with van der Waals surface area (Å²) in [6.45, 7) is 7.03. The molecule has 0 saturated heterocycles. The Labute approximate surface area is 101 Å². The lowest BCUT2D eigenvalue weighted by molar-refractivity contribution is -0.121. The minimum Gasteiger partial charge on any atom is -0.355 e. The Bertz CT molecular complexity index is 557. The Kier molecular flexibility index (Phi) is 3.13. The number of carbonyl (C=O) groups is 1. The van der Waals surface area contributed by atoms with Gasteiger partial charge in [0.25, 0.3) is 0 Å². The minimum absolute atomic E-state index is 0.0185. The predicted molar refractivity (Wildman–Crippen MR) is 67.9 cm³/mol. The van der Waals surface area contributed by atoms with Crippen LogP contribution in [0.2, 0.25) is 0 Å². The van der Waals surface area contributed by atoms with Crippen LogP contribution in [0.1, 0.15) is 18.1 Å². The van der Waals surface area contributed by atoms with Crippen LogP contribution >= 0.6 is 0 Å². The summed E-state index contributed by atoms with van der Waals surface area (Å²) in [4.78, 5) is 15.9. The number of carbonyl (C=O) groups excluding carboxylic acids is 1. The van der Waals surface area contributed by atoms with Crippen molar-refractivity contribution in [1.29, 1.82) is 0 Å². The summed E-state index contributed by atoms with van der Waals surface area (Å²) in [7, 11) is 0. The van der Waals surface area contributed by atoms with E-state index in [4.69, 9.17) is 0 Å². The number of fused-ring (bicyclic) bond motifs is 1. The molecule has 0 aliphatic carbocycles. The molecule has 1 amide bonds. The van der Waals surface area contributed by atoms with E-state index in [1.165, 1.54) is 11.1 Å². The summed E-state index contributed by atoms with van der Waals surface area (Å²) in [6.07, 6.45) is 1.72. The third kappa shape index (κ3) is 2.30. The van der Waals surface area contributed by atoms with Crippen molar-refractivity contribution in [1.82, 2.24) is 14.9 Å². The van der Waals surface area contributed by atoms with Gasteiger partial charge in [-0.3, -0.25) is 4.79 Å². The van der Waals surface area contributed by atoms with Crippen molar-refractivity contribution in [2.75, 3.05) is 6.54 Å². The van der Waals surface area contributed by atoms with Gasteiger partial charge in [0.1, 0.15) is 6.54 Å². The summed E-state index contributed by atoms with van der Waals surface area (Å²) in [6, 6.07) is 4.13. The molecule has 0 radical (unpaired) electrons. The molecular weight excluding hydrogens is 214 g/mol. The molecule has 2 aromatic rings. The first kappa shape index (κ1) is 11.6. The van der Waals surface area contributed by atoms with Crippen LogP contribution in [0.15, 0.2) is 18.5 Å². The third-order valence-electron chi connectivity index (χ3n) is 2.92. The Morgan fingerprint density at radius 3 is 2.76 bits per heavy atom. The second kappa shape index (κ2) is 4.57. The summed E-state index contributed by atoms with van der Waals surface area (Å²) in [5, 5.41) is 2.79. The fourth-order valence-electron chi connectivity index (χ4n) is 1.85. The lowest BCUT2D eigenvalue weighted by atomic mass is 10.1. The van der Waals surface area contributed by atoms with Gasteiger partial charge in [0, 0.05) is 6.54 Å².